The number of nitrogens with two attached hydrogens (primary N) is 1. The van der Waals surface area contributed by atoms with Gasteiger partial charge in [-0.05, 0) is 31.0 Å². The number of carbonyl (C=O) groups excluding carboxylic acids is 1. The molecule has 1 aromatic carbocycles. The average Bonchev–Trinajstić information content (AvgIpc) is 2.65. The maximum Gasteiger partial charge on any atom is 0.241 e. The summed E-state index contributed by atoms with van der Waals surface area (Å²) < 4.78 is 40.1. The number of hydrogen-bond donors (Lipinski definition) is 2. The number of nitrogen functional groups attached to an aromatic ring is 1. The molecule has 1 aromatic rings. The van der Waals surface area contributed by atoms with Gasteiger partial charge in [-0.2, -0.15) is 4.72 Å². The summed E-state index contributed by atoms with van der Waals surface area (Å²) in [6, 6.07) is 1.35. The highest BCUT2D eigenvalue weighted by Crippen LogP contribution is 2.22. The zero-order chi connectivity index (χ0) is 15.1. The van der Waals surface area contributed by atoms with Gasteiger partial charge in [0.15, 0.2) is 0 Å². The van der Waals surface area contributed by atoms with E-state index in [1.807, 2.05) is 0 Å². The highest BCUT2D eigenvalue weighted by Gasteiger charge is 2.33. The van der Waals surface area contributed by atoms with Crippen LogP contribution in [0.4, 0.5) is 10.1 Å². The van der Waals surface area contributed by atoms with Crippen molar-refractivity contribution in [3.05, 3.63) is 23.5 Å². The fraction of sp³-hybridized carbons (Fsp3) is 0.417. The Morgan fingerprint density at radius 2 is 2.10 bits per heavy atom. The predicted octanol–water partition coefficient (Wildman–Crippen LogP) is 0.225. The molecule has 0 bridgehead atoms. The summed E-state index contributed by atoms with van der Waals surface area (Å²) in [7, 11) is -2.31. The Bertz CT molecular complexity index is 660. The SMILES string of the molecule is Cc1cc(F)c(N)cc1S(=O)(=O)NC1CCN(C)C1=O. The molecule has 0 radical (unpaired) electrons. The lowest BCUT2D eigenvalue weighted by atomic mass is 10.2. The average molecular weight is 301 g/mol. The van der Waals surface area contributed by atoms with Gasteiger partial charge in [-0.3, -0.25) is 4.79 Å². The summed E-state index contributed by atoms with van der Waals surface area (Å²) in [5.74, 6) is -0.945. The molecule has 1 aliphatic heterocycles. The molecular weight excluding hydrogens is 285 g/mol. The Kier molecular flexibility index (Phi) is 3.70. The highest BCUT2D eigenvalue weighted by atomic mass is 32.2. The quantitative estimate of drug-likeness (QED) is 0.781. The zero-order valence-corrected chi connectivity index (χ0v) is 12.0. The van der Waals surface area contributed by atoms with Gasteiger partial charge in [-0.1, -0.05) is 0 Å². The number of likely N-dealkylation sites (N-methyl/N-ethyl adjacent to an activating group) is 1. The molecule has 110 valence electrons. The van der Waals surface area contributed by atoms with E-state index in [1.54, 1.807) is 7.05 Å². The standard InChI is InChI=1S/C12H16FN3O3S/c1-7-5-8(13)9(14)6-11(7)20(18,19)15-10-3-4-16(2)12(10)17/h5-6,10,15H,3-4,14H2,1-2H3. The van der Waals surface area contributed by atoms with E-state index in [0.29, 0.717) is 13.0 Å². The number of aryl methyl sites for hydroxylation is 1. The highest BCUT2D eigenvalue weighted by molar-refractivity contribution is 7.89. The van der Waals surface area contributed by atoms with Gasteiger partial charge in [0, 0.05) is 13.6 Å². The monoisotopic (exact) mass is 301 g/mol. The Balaban J connectivity index is 2.32. The van der Waals surface area contributed by atoms with Crippen molar-refractivity contribution in [1.29, 1.82) is 0 Å². The van der Waals surface area contributed by atoms with Gasteiger partial charge in [-0.25, -0.2) is 12.8 Å². The second-order valence-corrected chi connectivity index (χ2v) is 6.54. The number of amides is 1. The first-order valence-electron chi connectivity index (χ1n) is 6.05. The fourth-order valence-corrected chi connectivity index (χ4v) is 3.63. The number of anilines is 1. The largest absolute Gasteiger partial charge is 0.396 e. The molecule has 1 atom stereocenters. The van der Waals surface area contributed by atoms with Crippen LogP contribution in [0.15, 0.2) is 17.0 Å². The first-order valence-corrected chi connectivity index (χ1v) is 7.53. The topological polar surface area (TPSA) is 92.5 Å². The molecule has 1 heterocycles. The third-order valence-electron chi connectivity index (χ3n) is 3.31. The smallest absolute Gasteiger partial charge is 0.241 e. The molecule has 1 aliphatic rings. The van der Waals surface area contributed by atoms with Crippen molar-refractivity contribution in [3.8, 4) is 0 Å². The molecule has 1 amide bonds. The Hall–Kier alpha value is -1.67. The van der Waals surface area contributed by atoms with Crippen LogP contribution in [0.2, 0.25) is 0 Å². The first kappa shape index (κ1) is 14.7. The predicted molar refractivity (Wildman–Crippen MR) is 71.9 cm³/mol. The van der Waals surface area contributed by atoms with Crippen LogP contribution in [0.25, 0.3) is 0 Å². The van der Waals surface area contributed by atoms with Gasteiger partial charge in [0.1, 0.15) is 11.9 Å². The molecule has 20 heavy (non-hydrogen) atoms. The van der Waals surface area contributed by atoms with Crippen LogP contribution < -0.4 is 10.5 Å². The summed E-state index contributed by atoms with van der Waals surface area (Å²) in [5.41, 5.74) is 5.40. The number of halogens is 1. The number of carbonyl (C=O) groups is 1. The van der Waals surface area contributed by atoms with Gasteiger partial charge in [0.05, 0.1) is 10.6 Å². The lowest BCUT2D eigenvalue weighted by Gasteiger charge is -2.14. The minimum atomic E-state index is -3.91. The van der Waals surface area contributed by atoms with E-state index in [-0.39, 0.29) is 22.1 Å². The normalized spacial score (nSPS) is 19.6. The van der Waals surface area contributed by atoms with Gasteiger partial charge >= 0.3 is 0 Å². The zero-order valence-electron chi connectivity index (χ0n) is 11.2. The van der Waals surface area contributed by atoms with Crippen LogP contribution in [-0.2, 0) is 14.8 Å². The number of rotatable bonds is 3. The minimum absolute atomic E-state index is 0.112. The van der Waals surface area contributed by atoms with Crippen LogP contribution in [0, 0.1) is 12.7 Å². The summed E-state index contributed by atoms with van der Waals surface area (Å²) >= 11 is 0. The van der Waals surface area contributed by atoms with Crippen molar-refractivity contribution < 1.29 is 17.6 Å². The summed E-state index contributed by atoms with van der Waals surface area (Å²) in [5, 5.41) is 0. The first-order chi connectivity index (χ1) is 9.22. The number of benzene rings is 1. The Labute approximate surface area is 116 Å². The Morgan fingerprint density at radius 3 is 2.65 bits per heavy atom. The number of nitrogens with one attached hydrogen (secondary N) is 1. The molecule has 1 unspecified atom stereocenters. The van der Waals surface area contributed by atoms with E-state index in [1.165, 1.54) is 11.8 Å². The number of nitrogens with zero attached hydrogens (tertiary/aromatic N) is 1. The third kappa shape index (κ3) is 2.61. The van der Waals surface area contributed by atoms with Gasteiger partial charge in [0.25, 0.3) is 0 Å². The molecule has 1 saturated heterocycles. The molecule has 0 aliphatic carbocycles. The molecular formula is C12H16FN3O3S. The summed E-state index contributed by atoms with van der Waals surface area (Å²) in [6.07, 6.45) is 0.407. The van der Waals surface area contributed by atoms with Crippen LogP contribution in [0.3, 0.4) is 0 Å². The van der Waals surface area contributed by atoms with E-state index < -0.39 is 21.9 Å². The van der Waals surface area contributed by atoms with E-state index in [4.69, 9.17) is 5.73 Å². The second-order valence-electron chi connectivity index (χ2n) is 4.86. The van der Waals surface area contributed by atoms with Crippen molar-refractivity contribution in [2.75, 3.05) is 19.3 Å². The van der Waals surface area contributed by atoms with E-state index in [9.17, 15) is 17.6 Å². The molecule has 0 saturated carbocycles. The molecule has 0 spiro atoms. The lowest BCUT2D eigenvalue weighted by Crippen LogP contribution is -2.40. The van der Waals surface area contributed by atoms with Crippen molar-refractivity contribution in [1.82, 2.24) is 9.62 Å². The molecule has 2 rings (SSSR count). The number of likely N-dealkylation sites (tertiary alicyclic amines) is 1. The maximum absolute atomic E-state index is 13.3. The number of sulfonamides is 1. The van der Waals surface area contributed by atoms with Crippen molar-refractivity contribution in [2.24, 2.45) is 0 Å². The van der Waals surface area contributed by atoms with E-state index >= 15 is 0 Å². The summed E-state index contributed by atoms with van der Waals surface area (Å²) in [4.78, 5) is 13.1. The van der Waals surface area contributed by atoms with Crippen molar-refractivity contribution in [3.63, 3.8) is 0 Å². The van der Waals surface area contributed by atoms with Gasteiger partial charge < -0.3 is 10.6 Å². The molecule has 3 N–H and O–H groups in total. The van der Waals surface area contributed by atoms with Gasteiger partial charge in [-0.15, -0.1) is 0 Å². The maximum atomic E-state index is 13.3. The van der Waals surface area contributed by atoms with Crippen LogP contribution in [-0.4, -0.2) is 38.9 Å². The van der Waals surface area contributed by atoms with E-state index in [0.717, 1.165) is 12.1 Å². The fourth-order valence-electron chi connectivity index (χ4n) is 2.14. The molecule has 0 aromatic heterocycles. The molecule has 8 heteroatoms. The van der Waals surface area contributed by atoms with Crippen molar-refractivity contribution in [2.45, 2.75) is 24.3 Å². The molecule has 1 fully saturated rings. The second kappa shape index (κ2) is 5.02. The number of hydrogen-bond acceptors (Lipinski definition) is 4. The Morgan fingerprint density at radius 1 is 1.45 bits per heavy atom. The van der Waals surface area contributed by atoms with Crippen LogP contribution in [0.5, 0.6) is 0 Å². The van der Waals surface area contributed by atoms with Crippen molar-refractivity contribution >= 4 is 21.6 Å². The minimum Gasteiger partial charge on any atom is -0.396 e. The summed E-state index contributed by atoms with van der Waals surface area (Å²) in [6.45, 7) is 1.97. The van der Waals surface area contributed by atoms with Crippen LogP contribution >= 0.6 is 0 Å². The van der Waals surface area contributed by atoms with Gasteiger partial charge in [0.2, 0.25) is 15.9 Å². The molecule has 6 nitrogen and oxygen atoms in total. The van der Waals surface area contributed by atoms with Crippen LogP contribution in [0.1, 0.15) is 12.0 Å². The lowest BCUT2D eigenvalue weighted by molar-refractivity contribution is -0.127. The van der Waals surface area contributed by atoms with E-state index in [2.05, 4.69) is 4.72 Å². The third-order valence-corrected chi connectivity index (χ3v) is 4.92.